The molecule has 6 aromatic carbocycles. The van der Waals surface area contributed by atoms with Gasteiger partial charge >= 0.3 is 0 Å². The molecule has 0 bridgehead atoms. The second-order valence-corrected chi connectivity index (χ2v) is 14.1. The van der Waals surface area contributed by atoms with Gasteiger partial charge in [0.2, 0.25) is 0 Å². The number of thiophene rings is 2. The Kier molecular flexibility index (Phi) is 8.65. The lowest BCUT2D eigenvalue weighted by Crippen LogP contribution is -2.10. The van der Waals surface area contributed by atoms with Gasteiger partial charge < -0.3 is 4.90 Å². The van der Waals surface area contributed by atoms with Crippen molar-refractivity contribution in [3.8, 4) is 31.3 Å². The van der Waals surface area contributed by atoms with Gasteiger partial charge in [-0.25, -0.2) is 0 Å². The van der Waals surface area contributed by atoms with Crippen molar-refractivity contribution in [3.63, 3.8) is 0 Å². The fourth-order valence-corrected chi connectivity index (χ4v) is 8.33. The summed E-state index contributed by atoms with van der Waals surface area (Å²) in [7, 11) is 0. The molecule has 0 unspecified atom stereocenters. The lowest BCUT2D eigenvalue weighted by molar-refractivity contribution is 1.30. The van der Waals surface area contributed by atoms with Crippen LogP contribution in [0.25, 0.3) is 52.9 Å². The first-order chi connectivity index (χ1) is 24.2. The van der Waals surface area contributed by atoms with Gasteiger partial charge in [-0.1, -0.05) is 115 Å². The van der Waals surface area contributed by atoms with Gasteiger partial charge in [0.05, 0.1) is 5.69 Å². The van der Waals surface area contributed by atoms with E-state index in [9.17, 15) is 0 Å². The number of anilines is 3. The molecule has 8 rings (SSSR count). The van der Waals surface area contributed by atoms with Crippen LogP contribution in [-0.4, -0.2) is 0 Å². The SMILES string of the molecule is C/C=C\C=C/Cc1ccc(-c2ccc(N(c3ccc(-c4ccc(-c5ccccc5)s4)cc3)c3cc4ccc#cc4c4ccccc34)cc2)s1. The van der Waals surface area contributed by atoms with Crippen molar-refractivity contribution in [2.75, 3.05) is 4.90 Å². The molecular weight excluding hydrogens is 631 g/mol. The molecule has 0 saturated heterocycles. The number of allylic oxidation sites excluding steroid dienone is 4. The summed E-state index contributed by atoms with van der Waals surface area (Å²) in [5.41, 5.74) is 7.06. The van der Waals surface area contributed by atoms with Gasteiger partial charge in [0.1, 0.15) is 0 Å². The lowest BCUT2D eigenvalue weighted by Gasteiger charge is -2.27. The third-order valence-corrected chi connectivity index (χ3v) is 11.1. The minimum atomic E-state index is 0.945. The fourth-order valence-electron chi connectivity index (χ4n) is 6.32. The quantitative estimate of drug-likeness (QED) is 0.139. The highest BCUT2D eigenvalue weighted by Gasteiger charge is 2.18. The number of hydrogen-bond acceptors (Lipinski definition) is 3. The van der Waals surface area contributed by atoms with Gasteiger partial charge in [-0.2, -0.15) is 0 Å². The van der Waals surface area contributed by atoms with Gasteiger partial charge in [-0.3, -0.25) is 0 Å². The average molecular weight is 664 g/mol. The van der Waals surface area contributed by atoms with Crippen molar-refractivity contribution in [1.82, 2.24) is 0 Å². The van der Waals surface area contributed by atoms with Crippen LogP contribution in [0.2, 0.25) is 0 Å². The zero-order chi connectivity index (χ0) is 33.0. The van der Waals surface area contributed by atoms with Crippen molar-refractivity contribution in [1.29, 1.82) is 0 Å². The van der Waals surface area contributed by atoms with E-state index in [-0.39, 0.29) is 0 Å². The summed E-state index contributed by atoms with van der Waals surface area (Å²) >= 11 is 3.69. The van der Waals surface area contributed by atoms with E-state index in [1.54, 1.807) is 0 Å². The van der Waals surface area contributed by atoms with E-state index in [0.717, 1.165) is 34.3 Å². The molecular formula is C46H33NS2. The smallest absolute Gasteiger partial charge is 0.0546 e. The standard InChI is InChI=1S/C46H33NS2/c1-2-3-4-8-16-39-28-29-44(48-39)34-20-24-37(25-21-34)47(43-32-36-15-9-10-17-40(36)41-18-11-12-19-42(41)43)38-26-22-35(23-27-38)46-31-30-45(49-46)33-13-6-5-7-14-33/h2-9,11-15,18-32H,16H2,1H3/b3-2-,8-4-. The number of fused-ring (bicyclic) bond motifs is 3. The average Bonchev–Trinajstić information content (AvgIpc) is 3.86. The van der Waals surface area contributed by atoms with E-state index in [1.165, 1.54) is 47.0 Å². The Bertz CT molecular complexity index is 2410. The summed E-state index contributed by atoms with van der Waals surface area (Å²) < 4.78 is 0. The van der Waals surface area contributed by atoms with Gasteiger partial charge in [0, 0.05) is 53.5 Å². The molecule has 3 heteroatoms. The van der Waals surface area contributed by atoms with Crippen molar-refractivity contribution < 1.29 is 0 Å². The molecule has 2 aromatic heterocycles. The van der Waals surface area contributed by atoms with Crippen molar-refractivity contribution in [3.05, 3.63) is 187 Å². The van der Waals surface area contributed by atoms with Crippen LogP contribution >= 0.6 is 22.7 Å². The third kappa shape index (κ3) is 6.33. The maximum absolute atomic E-state index is 3.38. The van der Waals surface area contributed by atoms with Crippen LogP contribution in [0.4, 0.5) is 17.1 Å². The molecule has 1 nitrogen and oxygen atoms in total. The molecule has 2 heterocycles. The Hall–Kier alpha value is -5.66. The summed E-state index contributed by atoms with van der Waals surface area (Å²) in [5, 5.41) is 4.59. The maximum atomic E-state index is 3.38. The highest BCUT2D eigenvalue weighted by Crippen LogP contribution is 2.43. The number of hydrogen-bond donors (Lipinski definition) is 0. The summed E-state index contributed by atoms with van der Waals surface area (Å²) in [6, 6.07) is 59.1. The summed E-state index contributed by atoms with van der Waals surface area (Å²) in [4.78, 5) is 7.57. The fraction of sp³-hybridized carbons (Fsp3) is 0.0435. The molecule has 0 atom stereocenters. The predicted molar refractivity (Wildman–Crippen MR) is 214 cm³/mol. The monoisotopic (exact) mass is 663 g/mol. The zero-order valence-corrected chi connectivity index (χ0v) is 28.8. The molecule has 0 spiro atoms. The van der Waals surface area contributed by atoms with Gasteiger partial charge in [-0.05, 0) is 95.7 Å². The van der Waals surface area contributed by atoms with Gasteiger partial charge in [0.15, 0.2) is 0 Å². The van der Waals surface area contributed by atoms with E-state index >= 15 is 0 Å². The first-order valence-electron chi connectivity index (χ1n) is 16.5. The van der Waals surface area contributed by atoms with Crippen LogP contribution in [0.3, 0.4) is 0 Å². The topological polar surface area (TPSA) is 3.24 Å². The Morgan fingerprint density at radius 2 is 1.20 bits per heavy atom. The molecule has 49 heavy (non-hydrogen) atoms. The molecule has 0 aliphatic heterocycles. The van der Waals surface area contributed by atoms with Crippen LogP contribution in [0, 0.1) is 12.1 Å². The lowest BCUT2D eigenvalue weighted by atomic mass is 9.99. The molecule has 0 radical (unpaired) electrons. The molecule has 0 saturated carbocycles. The first kappa shape index (κ1) is 30.7. The normalized spacial score (nSPS) is 11.5. The maximum Gasteiger partial charge on any atom is 0.0546 e. The molecule has 0 aliphatic carbocycles. The van der Waals surface area contributed by atoms with E-state index < -0.39 is 0 Å². The van der Waals surface area contributed by atoms with E-state index in [2.05, 4.69) is 181 Å². The van der Waals surface area contributed by atoms with Gasteiger partial charge in [0.25, 0.3) is 0 Å². The van der Waals surface area contributed by atoms with Crippen molar-refractivity contribution in [2.45, 2.75) is 13.3 Å². The molecule has 8 aromatic rings. The predicted octanol–water partition coefficient (Wildman–Crippen LogP) is 13.9. The highest BCUT2D eigenvalue weighted by atomic mass is 32.1. The molecule has 0 aliphatic rings. The second-order valence-electron chi connectivity index (χ2n) is 11.9. The Morgan fingerprint density at radius 1 is 0.592 bits per heavy atom. The molecule has 0 fully saturated rings. The largest absolute Gasteiger partial charge is 0.310 e. The zero-order valence-electron chi connectivity index (χ0n) is 27.1. The Labute approximate surface area is 296 Å². The van der Waals surface area contributed by atoms with E-state index in [4.69, 9.17) is 0 Å². The minimum Gasteiger partial charge on any atom is -0.310 e. The van der Waals surface area contributed by atoms with Crippen molar-refractivity contribution in [2.24, 2.45) is 0 Å². The Morgan fingerprint density at radius 3 is 1.90 bits per heavy atom. The van der Waals surface area contributed by atoms with Crippen LogP contribution < -0.4 is 4.90 Å². The van der Waals surface area contributed by atoms with Gasteiger partial charge in [-0.15, -0.1) is 22.7 Å². The number of nitrogens with zero attached hydrogens (tertiary/aromatic N) is 1. The Balaban J connectivity index is 1.19. The van der Waals surface area contributed by atoms with Crippen LogP contribution in [0.5, 0.6) is 0 Å². The molecule has 234 valence electrons. The minimum absolute atomic E-state index is 0.945. The summed E-state index contributed by atoms with van der Waals surface area (Å²) in [5.74, 6) is 0. The van der Waals surface area contributed by atoms with E-state index in [1.807, 2.05) is 35.7 Å². The van der Waals surface area contributed by atoms with Crippen LogP contribution in [0.15, 0.2) is 170 Å². The summed E-state index contributed by atoms with van der Waals surface area (Å²) in [6.45, 7) is 2.04. The van der Waals surface area contributed by atoms with Crippen molar-refractivity contribution >= 4 is 61.3 Å². The molecule has 0 amide bonds. The number of benzene rings is 5. The van der Waals surface area contributed by atoms with Crippen LogP contribution in [-0.2, 0) is 6.42 Å². The van der Waals surface area contributed by atoms with E-state index in [0.29, 0.717) is 0 Å². The number of rotatable bonds is 9. The van der Waals surface area contributed by atoms with Crippen LogP contribution in [0.1, 0.15) is 11.8 Å². The second kappa shape index (κ2) is 13.8. The summed E-state index contributed by atoms with van der Waals surface area (Å²) in [6.07, 6.45) is 9.40. The highest BCUT2D eigenvalue weighted by molar-refractivity contribution is 7.18. The first-order valence-corrected chi connectivity index (χ1v) is 18.1. The third-order valence-electron chi connectivity index (χ3n) is 8.74. The molecule has 0 N–H and O–H groups in total.